The van der Waals surface area contributed by atoms with Gasteiger partial charge in [-0.15, -0.1) is 0 Å². The summed E-state index contributed by atoms with van der Waals surface area (Å²) in [5, 5.41) is 4.47. The van der Waals surface area contributed by atoms with Gasteiger partial charge in [-0.2, -0.15) is 0 Å². The molecule has 21 heavy (non-hydrogen) atoms. The van der Waals surface area contributed by atoms with Gasteiger partial charge < -0.3 is 14.6 Å². The number of carbonyl (C=O) groups excluding carboxylic acids is 1. The van der Waals surface area contributed by atoms with Gasteiger partial charge in [-0.3, -0.25) is 4.79 Å². The summed E-state index contributed by atoms with van der Waals surface area (Å²) in [6.07, 6.45) is 1.91. The summed E-state index contributed by atoms with van der Waals surface area (Å²) in [7, 11) is 0. The molecule has 3 rings (SSSR count). The molecule has 0 radical (unpaired) electrons. The van der Waals surface area contributed by atoms with Gasteiger partial charge in [-0.05, 0) is 31.0 Å². The zero-order chi connectivity index (χ0) is 15.0. The Morgan fingerprint density at radius 3 is 3.00 bits per heavy atom. The van der Waals surface area contributed by atoms with Gasteiger partial charge in [0.2, 0.25) is 0 Å². The summed E-state index contributed by atoms with van der Waals surface area (Å²) in [5.74, 6) is 0.758. The molecule has 112 valence electrons. The molecule has 0 saturated heterocycles. The molecule has 2 aromatic rings. The summed E-state index contributed by atoms with van der Waals surface area (Å²) in [4.78, 5) is 12.4. The van der Waals surface area contributed by atoms with Crippen LogP contribution in [0.5, 0.6) is 5.75 Å². The third kappa shape index (κ3) is 2.38. The van der Waals surface area contributed by atoms with Crippen molar-refractivity contribution in [2.75, 3.05) is 6.54 Å². The molecule has 4 nitrogen and oxygen atoms in total. The van der Waals surface area contributed by atoms with Gasteiger partial charge in [-0.1, -0.05) is 25.4 Å². The normalized spacial score (nSPS) is 16.8. The molecule has 0 fully saturated rings. The monoisotopic (exact) mass is 306 g/mol. The summed E-state index contributed by atoms with van der Waals surface area (Å²) < 4.78 is 8.01. The van der Waals surface area contributed by atoms with E-state index in [0.29, 0.717) is 23.8 Å². The number of nitrogens with zero attached hydrogens (tertiary/aromatic N) is 1. The second-order valence-electron chi connectivity index (χ2n) is 5.35. The lowest BCUT2D eigenvalue weighted by molar-refractivity contribution is 0.0938. The van der Waals surface area contributed by atoms with Crippen molar-refractivity contribution in [3.05, 3.63) is 28.9 Å². The number of amides is 1. The van der Waals surface area contributed by atoms with Crippen LogP contribution >= 0.6 is 11.6 Å². The number of halogens is 1. The third-order valence-electron chi connectivity index (χ3n) is 3.87. The first kappa shape index (κ1) is 14.3. The Morgan fingerprint density at radius 2 is 2.29 bits per heavy atom. The van der Waals surface area contributed by atoms with Crippen molar-refractivity contribution in [1.82, 2.24) is 9.88 Å². The maximum atomic E-state index is 12.4. The van der Waals surface area contributed by atoms with Crippen LogP contribution in [0.25, 0.3) is 10.9 Å². The van der Waals surface area contributed by atoms with Crippen molar-refractivity contribution < 1.29 is 9.53 Å². The predicted molar refractivity (Wildman–Crippen MR) is 84.3 cm³/mol. The smallest absolute Gasteiger partial charge is 0.267 e. The molecule has 1 aliphatic rings. The molecule has 5 heteroatoms. The van der Waals surface area contributed by atoms with Crippen molar-refractivity contribution in [2.24, 2.45) is 0 Å². The van der Waals surface area contributed by atoms with Crippen LogP contribution in [-0.2, 0) is 6.54 Å². The van der Waals surface area contributed by atoms with E-state index in [-0.39, 0.29) is 12.0 Å². The molecule has 0 aliphatic carbocycles. The molecule has 0 spiro atoms. The van der Waals surface area contributed by atoms with Gasteiger partial charge in [0.05, 0.1) is 17.1 Å². The van der Waals surface area contributed by atoms with Crippen LogP contribution < -0.4 is 10.1 Å². The van der Waals surface area contributed by atoms with Crippen molar-refractivity contribution in [3.63, 3.8) is 0 Å². The minimum atomic E-state index is -0.0492. The van der Waals surface area contributed by atoms with Crippen LogP contribution in [0.4, 0.5) is 0 Å². The molecule has 1 unspecified atom stereocenters. The molecule has 0 bridgehead atoms. The van der Waals surface area contributed by atoms with Gasteiger partial charge in [0.15, 0.2) is 0 Å². The molecule has 1 amide bonds. The zero-order valence-electron chi connectivity index (χ0n) is 12.3. The zero-order valence-corrected chi connectivity index (χ0v) is 13.0. The van der Waals surface area contributed by atoms with Crippen LogP contribution in [0.3, 0.4) is 0 Å². The van der Waals surface area contributed by atoms with E-state index in [2.05, 4.69) is 12.2 Å². The Balaban J connectivity index is 2.13. The van der Waals surface area contributed by atoms with Gasteiger partial charge >= 0.3 is 0 Å². The highest BCUT2D eigenvalue weighted by molar-refractivity contribution is 6.36. The number of carbonyl (C=O) groups is 1. The highest BCUT2D eigenvalue weighted by Gasteiger charge is 2.26. The Bertz CT molecular complexity index is 693. The number of rotatable bonds is 4. The number of benzene rings is 1. The van der Waals surface area contributed by atoms with Gasteiger partial charge in [-0.25, -0.2) is 0 Å². The molecule has 1 atom stereocenters. The van der Waals surface area contributed by atoms with E-state index < -0.39 is 0 Å². The van der Waals surface area contributed by atoms with E-state index in [1.807, 2.05) is 29.7 Å². The lowest BCUT2D eigenvalue weighted by Gasteiger charge is -2.26. The van der Waals surface area contributed by atoms with Gasteiger partial charge in [0.25, 0.3) is 5.91 Å². The van der Waals surface area contributed by atoms with E-state index in [1.165, 1.54) is 0 Å². The largest absolute Gasteiger partial charge is 0.486 e. The number of hydrogen-bond acceptors (Lipinski definition) is 2. The molecule has 1 N–H and O–H groups in total. The summed E-state index contributed by atoms with van der Waals surface area (Å²) in [6, 6.07) is 5.58. The van der Waals surface area contributed by atoms with Gasteiger partial charge in [0.1, 0.15) is 17.5 Å². The lowest BCUT2D eigenvalue weighted by Crippen LogP contribution is -2.31. The van der Waals surface area contributed by atoms with Crippen LogP contribution in [0.1, 0.15) is 37.2 Å². The fraction of sp³-hybridized carbons (Fsp3) is 0.438. The third-order valence-corrected chi connectivity index (χ3v) is 4.20. The van der Waals surface area contributed by atoms with Crippen LogP contribution in [0, 0.1) is 0 Å². The molecule has 2 heterocycles. The first-order valence-electron chi connectivity index (χ1n) is 7.42. The molecule has 1 aromatic carbocycles. The Kier molecular flexibility index (Phi) is 3.81. The second kappa shape index (κ2) is 5.60. The molecular formula is C16H19ClN2O2. The maximum Gasteiger partial charge on any atom is 0.267 e. The van der Waals surface area contributed by atoms with Gasteiger partial charge in [0, 0.05) is 11.9 Å². The molecule has 0 saturated carbocycles. The van der Waals surface area contributed by atoms with Crippen molar-refractivity contribution >= 4 is 28.4 Å². The molecular weight excluding hydrogens is 288 g/mol. The number of aromatic nitrogens is 1. The molecule has 1 aromatic heterocycles. The number of ether oxygens (including phenoxy) is 1. The maximum absolute atomic E-state index is 12.4. The summed E-state index contributed by atoms with van der Waals surface area (Å²) in [5.41, 5.74) is 1.59. The highest BCUT2D eigenvalue weighted by atomic mass is 35.5. The van der Waals surface area contributed by atoms with Crippen molar-refractivity contribution in [2.45, 2.75) is 39.3 Å². The van der Waals surface area contributed by atoms with Crippen LogP contribution in [-0.4, -0.2) is 23.1 Å². The van der Waals surface area contributed by atoms with E-state index in [9.17, 15) is 4.79 Å². The Hall–Kier alpha value is -1.68. The first-order valence-corrected chi connectivity index (χ1v) is 7.80. The topological polar surface area (TPSA) is 43.3 Å². The Morgan fingerprint density at radius 1 is 1.48 bits per heavy atom. The minimum absolute atomic E-state index is 0.0492. The number of hydrogen-bond donors (Lipinski definition) is 1. The SMILES string of the molecule is CCCNC(=O)c1cc2c(Cl)ccc3c2n1CC(CC)O3. The average molecular weight is 307 g/mol. The van der Waals surface area contributed by atoms with Crippen LogP contribution in [0.2, 0.25) is 5.02 Å². The fourth-order valence-corrected chi connectivity index (χ4v) is 2.96. The second-order valence-corrected chi connectivity index (χ2v) is 5.76. The fourth-order valence-electron chi connectivity index (χ4n) is 2.75. The van der Waals surface area contributed by atoms with E-state index in [4.69, 9.17) is 16.3 Å². The van der Waals surface area contributed by atoms with Crippen LogP contribution in [0.15, 0.2) is 18.2 Å². The average Bonchev–Trinajstić information content (AvgIpc) is 2.89. The van der Waals surface area contributed by atoms with Crippen molar-refractivity contribution in [3.8, 4) is 5.75 Å². The quantitative estimate of drug-likeness (QED) is 0.938. The minimum Gasteiger partial charge on any atom is -0.486 e. The highest BCUT2D eigenvalue weighted by Crippen LogP contribution is 2.38. The van der Waals surface area contributed by atoms with Crippen molar-refractivity contribution in [1.29, 1.82) is 0 Å². The standard InChI is InChI=1S/C16H19ClN2O2/c1-3-7-18-16(20)13-8-11-12(17)5-6-14-15(11)19(13)9-10(4-2)21-14/h5-6,8,10H,3-4,7,9H2,1-2H3,(H,18,20). The summed E-state index contributed by atoms with van der Waals surface area (Å²) in [6.45, 7) is 5.48. The summed E-state index contributed by atoms with van der Waals surface area (Å²) >= 11 is 6.27. The Labute approximate surface area is 129 Å². The first-order chi connectivity index (χ1) is 10.2. The van der Waals surface area contributed by atoms with E-state index in [0.717, 1.165) is 29.5 Å². The van der Waals surface area contributed by atoms with E-state index in [1.54, 1.807) is 0 Å². The lowest BCUT2D eigenvalue weighted by atomic mass is 10.2. The van der Waals surface area contributed by atoms with E-state index >= 15 is 0 Å². The predicted octanol–water partition coefficient (Wildman–Crippen LogP) is 3.61. The number of nitrogens with one attached hydrogen (secondary N) is 1. The molecule has 1 aliphatic heterocycles.